The van der Waals surface area contributed by atoms with E-state index < -0.39 is 0 Å². The molecule has 0 atom stereocenters. The summed E-state index contributed by atoms with van der Waals surface area (Å²) < 4.78 is 0. The molecule has 0 heterocycles. The predicted molar refractivity (Wildman–Crippen MR) is 137 cm³/mol. The van der Waals surface area contributed by atoms with E-state index in [2.05, 4.69) is 0 Å². The maximum Gasteiger partial charge on any atom is 0.122 e. The van der Waals surface area contributed by atoms with Crippen LogP contribution >= 0.6 is 23.2 Å². The number of fused-ring (bicyclic) bond motifs is 8. The molecule has 184 valence electrons. The molecular weight excluding hydrogens is 503 g/mol. The normalized spacial score (nSPS) is 12.9. The van der Waals surface area contributed by atoms with Crippen molar-refractivity contribution in [2.45, 2.75) is 25.7 Å². The second kappa shape index (κ2) is 9.04. The number of aromatic hydroxyl groups is 6. The lowest BCUT2D eigenvalue weighted by Gasteiger charge is -2.18. The first-order chi connectivity index (χ1) is 17.1. The van der Waals surface area contributed by atoms with Crippen LogP contribution in [0, 0.1) is 0 Å². The van der Waals surface area contributed by atoms with Crippen LogP contribution < -0.4 is 0 Å². The third kappa shape index (κ3) is 4.45. The molecule has 0 saturated carbocycles. The molecule has 4 aromatic carbocycles. The van der Waals surface area contributed by atoms with Crippen LogP contribution in [0.4, 0.5) is 0 Å². The Morgan fingerprint density at radius 3 is 0.778 bits per heavy atom. The van der Waals surface area contributed by atoms with Crippen LogP contribution in [0.1, 0.15) is 44.5 Å². The standard InChI is InChI=1S/C28H22Cl2O6/c29-21-5-13-1-17-9-23(31)10-18(27(17)35)3-15-7-22(30)8-16(26(15)34)4-20-12-24(32)11-19(28(20)36)2-14(6-21)25(13)33/h5-12,31-36H,1-4H2. The summed E-state index contributed by atoms with van der Waals surface area (Å²) in [5.74, 6) is -0.496. The largest absolute Gasteiger partial charge is 0.508 e. The molecule has 0 spiro atoms. The summed E-state index contributed by atoms with van der Waals surface area (Å²) in [6, 6.07) is 11.9. The fraction of sp³-hybridized carbons (Fsp3) is 0.143. The highest BCUT2D eigenvalue weighted by molar-refractivity contribution is 6.31. The summed E-state index contributed by atoms with van der Waals surface area (Å²) in [7, 11) is 0. The Bertz CT molecular complexity index is 1210. The van der Waals surface area contributed by atoms with Crippen LogP contribution in [0.15, 0.2) is 48.5 Å². The molecule has 5 rings (SSSR count). The Morgan fingerprint density at radius 1 is 0.361 bits per heavy atom. The zero-order valence-electron chi connectivity index (χ0n) is 18.9. The molecule has 0 fully saturated rings. The number of hydrogen-bond acceptors (Lipinski definition) is 6. The quantitative estimate of drug-likeness (QED) is 0.140. The SMILES string of the molecule is Oc1cc2c(O)c(c1)Cc1cc(Cl)cc(c1O)Cc1cc(O)cc(c1O)Cc1cc(Cl)cc(c1O)C2. The van der Waals surface area contributed by atoms with Crippen LogP contribution in [-0.4, -0.2) is 30.6 Å². The van der Waals surface area contributed by atoms with Gasteiger partial charge in [0.2, 0.25) is 0 Å². The lowest BCUT2D eigenvalue weighted by Crippen LogP contribution is -2.01. The molecular formula is C28H22Cl2O6. The maximum atomic E-state index is 11.0. The first-order valence-electron chi connectivity index (χ1n) is 11.2. The van der Waals surface area contributed by atoms with Gasteiger partial charge in [0.05, 0.1) is 0 Å². The van der Waals surface area contributed by atoms with E-state index in [9.17, 15) is 30.6 Å². The number of phenols is 6. The number of phenolic OH excluding ortho intramolecular Hbond substituents is 6. The Kier molecular flexibility index (Phi) is 6.02. The Hall–Kier alpha value is -3.74. The van der Waals surface area contributed by atoms with Crippen molar-refractivity contribution >= 4 is 23.2 Å². The van der Waals surface area contributed by atoms with Crippen LogP contribution in [0.3, 0.4) is 0 Å². The molecule has 0 amide bonds. The van der Waals surface area contributed by atoms with E-state index in [0.717, 1.165) is 0 Å². The summed E-state index contributed by atoms with van der Waals surface area (Å²) in [4.78, 5) is 0. The molecule has 1 aliphatic rings. The average Bonchev–Trinajstić information content (AvgIpc) is 2.80. The monoisotopic (exact) mass is 524 g/mol. The van der Waals surface area contributed by atoms with Crippen molar-refractivity contribution in [1.82, 2.24) is 0 Å². The highest BCUT2D eigenvalue weighted by Gasteiger charge is 2.21. The minimum atomic E-state index is -0.0884. The van der Waals surface area contributed by atoms with Crippen LogP contribution in [-0.2, 0) is 25.7 Å². The van der Waals surface area contributed by atoms with E-state index in [1.54, 1.807) is 24.3 Å². The van der Waals surface area contributed by atoms with Crippen LogP contribution in [0.25, 0.3) is 0 Å². The number of halogens is 2. The zero-order chi connectivity index (χ0) is 25.7. The number of benzene rings is 4. The maximum absolute atomic E-state index is 11.0. The smallest absolute Gasteiger partial charge is 0.122 e. The van der Waals surface area contributed by atoms with Gasteiger partial charge < -0.3 is 30.6 Å². The van der Waals surface area contributed by atoms with Gasteiger partial charge in [-0.05, 0) is 48.5 Å². The van der Waals surface area contributed by atoms with E-state index in [0.29, 0.717) is 54.6 Å². The van der Waals surface area contributed by atoms with E-state index in [4.69, 9.17) is 23.2 Å². The fourth-order valence-corrected chi connectivity index (χ4v) is 5.34. The number of hydrogen-bond donors (Lipinski definition) is 6. The minimum Gasteiger partial charge on any atom is -0.508 e. The molecule has 0 unspecified atom stereocenters. The summed E-state index contributed by atoms with van der Waals surface area (Å²) in [5.41, 5.74) is 3.03. The molecule has 8 bridgehead atoms. The van der Waals surface area contributed by atoms with Gasteiger partial charge in [-0.1, -0.05) is 23.2 Å². The van der Waals surface area contributed by atoms with Crippen LogP contribution in [0.5, 0.6) is 34.5 Å². The summed E-state index contributed by atoms with van der Waals surface area (Å²) in [5, 5.41) is 65.6. The van der Waals surface area contributed by atoms with Crippen molar-refractivity contribution in [2.24, 2.45) is 0 Å². The Morgan fingerprint density at radius 2 is 0.556 bits per heavy atom. The fourth-order valence-electron chi connectivity index (χ4n) is 4.82. The average molecular weight is 525 g/mol. The molecule has 36 heavy (non-hydrogen) atoms. The van der Waals surface area contributed by atoms with Crippen LogP contribution in [0.2, 0.25) is 10.0 Å². The molecule has 6 nitrogen and oxygen atoms in total. The van der Waals surface area contributed by atoms with E-state index in [1.807, 2.05) is 0 Å². The summed E-state index contributed by atoms with van der Waals surface area (Å²) in [6.45, 7) is 0. The van der Waals surface area contributed by atoms with Crippen molar-refractivity contribution in [3.05, 3.63) is 103 Å². The molecule has 1 aliphatic carbocycles. The second-order valence-corrected chi connectivity index (χ2v) is 9.95. The molecule has 0 aromatic heterocycles. The molecule has 0 saturated heterocycles. The lowest BCUT2D eigenvalue weighted by atomic mass is 9.91. The molecule has 0 aliphatic heterocycles. The molecule has 8 heteroatoms. The third-order valence-electron chi connectivity index (χ3n) is 6.49. The van der Waals surface area contributed by atoms with E-state index in [1.165, 1.54) is 24.3 Å². The summed E-state index contributed by atoms with van der Waals surface area (Å²) >= 11 is 12.7. The van der Waals surface area contributed by atoms with Crippen molar-refractivity contribution in [3.8, 4) is 34.5 Å². The van der Waals surface area contributed by atoms with Gasteiger partial charge in [0.1, 0.15) is 34.5 Å². The first-order valence-corrected chi connectivity index (χ1v) is 11.9. The lowest BCUT2D eigenvalue weighted by molar-refractivity contribution is 0.441. The van der Waals surface area contributed by atoms with E-state index in [-0.39, 0.29) is 60.2 Å². The Labute approximate surface area is 216 Å². The second-order valence-electron chi connectivity index (χ2n) is 9.08. The molecule has 0 radical (unpaired) electrons. The predicted octanol–water partition coefficient (Wildman–Crippen LogP) is 5.90. The molecule has 6 N–H and O–H groups in total. The van der Waals surface area contributed by atoms with Gasteiger partial charge >= 0.3 is 0 Å². The van der Waals surface area contributed by atoms with E-state index >= 15 is 0 Å². The van der Waals surface area contributed by atoms with Crippen molar-refractivity contribution < 1.29 is 30.6 Å². The van der Waals surface area contributed by atoms with Gasteiger partial charge in [0, 0.05) is 80.2 Å². The van der Waals surface area contributed by atoms with Gasteiger partial charge in [-0.2, -0.15) is 0 Å². The first kappa shape index (κ1) is 24.0. The summed E-state index contributed by atoms with van der Waals surface area (Å²) in [6.07, 6.45) is 0.209. The van der Waals surface area contributed by atoms with Crippen molar-refractivity contribution in [3.63, 3.8) is 0 Å². The topological polar surface area (TPSA) is 121 Å². The van der Waals surface area contributed by atoms with Gasteiger partial charge in [-0.15, -0.1) is 0 Å². The zero-order valence-corrected chi connectivity index (χ0v) is 20.4. The highest BCUT2D eigenvalue weighted by atomic mass is 35.5. The van der Waals surface area contributed by atoms with Gasteiger partial charge in [0.15, 0.2) is 0 Å². The van der Waals surface area contributed by atoms with Crippen molar-refractivity contribution in [2.75, 3.05) is 0 Å². The highest BCUT2D eigenvalue weighted by Crippen LogP contribution is 2.41. The Balaban J connectivity index is 1.78. The van der Waals surface area contributed by atoms with Crippen molar-refractivity contribution in [1.29, 1.82) is 0 Å². The molecule has 4 aromatic rings. The van der Waals surface area contributed by atoms with Gasteiger partial charge in [-0.3, -0.25) is 0 Å². The minimum absolute atomic E-state index is 0.0523. The third-order valence-corrected chi connectivity index (χ3v) is 6.93. The van der Waals surface area contributed by atoms with Gasteiger partial charge in [-0.25, -0.2) is 0 Å². The van der Waals surface area contributed by atoms with Gasteiger partial charge in [0.25, 0.3) is 0 Å². The number of rotatable bonds is 0.